The van der Waals surface area contributed by atoms with E-state index in [1.807, 2.05) is 18.7 Å². The van der Waals surface area contributed by atoms with E-state index in [1.54, 1.807) is 0 Å². The van der Waals surface area contributed by atoms with Gasteiger partial charge < -0.3 is 10.2 Å². The number of aromatic nitrogens is 2. The Bertz CT molecular complexity index is 259. The molecular formula is C12H24N2O2P+. The molecule has 17 heavy (non-hydrogen) atoms. The molecule has 1 heterocycles. The van der Waals surface area contributed by atoms with Gasteiger partial charge in [0.05, 0.1) is 6.54 Å². The highest BCUT2D eigenvalue weighted by Gasteiger charge is 2.08. The van der Waals surface area contributed by atoms with E-state index in [4.69, 9.17) is 10.2 Å². The zero-order valence-electron chi connectivity index (χ0n) is 10.4. The van der Waals surface area contributed by atoms with Gasteiger partial charge in [-0.3, -0.25) is 4.98 Å². The number of aromatic amines is 1. The molecule has 3 N–H and O–H groups in total. The normalized spacial score (nSPS) is 11.2. The Labute approximate surface area is 104 Å². The Morgan fingerprint density at radius 3 is 2.18 bits per heavy atom. The van der Waals surface area contributed by atoms with Crippen LogP contribution in [-0.2, 0) is 6.54 Å². The van der Waals surface area contributed by atoms with Crippen LogP contribution in [0.25, 0.3) is 0 Å². The summed E-state index contributed by atoms with van der Waals surface area (Å²) in [5.41, 5.74) is 0. The van der Waals surface area contributed by atoms with Crippen LogP contribution in [0.15, 0.2) is 18.7 Å². The Morgan fingerprint density at radius 1 is 1.00 bits per heavy atom. The Kier molecular flexibility index (Phi) is 8.24. The maximum absolute atomic E-state index is 8.87. The molecule has 0 aliphatic rings. The molecule has 0 aliphatic heterocycles. The molecule has 1 rings (SSSR count). The van der Waals surface area contributed by atoms with E-state index in [-0.39, 0.29) is 7.92 Å². The summed E-state index contributed by atoms with van der Waals surface area (Å²) in [5, 5.41) is 17.7. The first kappa shape index (κ1) is 14.6. The van der Waals surface area contributed by atoms with Gasteiger partial charge in [0.25, 0.3) is 0 Å². The van der Waals surface area contributed by atoms with Gasteiger partial charge >= 0.3 is 0 Å². The molecule has 0 unspecified atom stereocenters. The van der Waals surface area contributed by atoms with Crippen molar-refractivity contribution in [1.82, 2.24) is 4.98 Å². The minimum Gasteiger partial charge on any atom is -0.396 e. The van der Waals surface area contributed by atoms with Crippen LogP contribution in [0.3, 0.4) is 0 Å². The van der Waals surface area contributed by atoms with Gasteiger partial charge in [-0.1, -0.05) is 0 Å². The Hall–Kier alpha value is -0.440. The SMILES string of the molecule is OCCCP(CCCO)CCC[n+]1cc[nH]c1. The second-order valence-corrected chi connectivity index (χ2v) is 6.88. The number of H-pyrrole nitrogens is 1. The number of hydrogen-bond donors (Lipinski definition) is 3. The van der Waals surface area contributed by atoms with Crippen molar-refractivity contribution in [1.29, 1.82) is 0 Å². The number of rotatable bonds is 10. The monoisotopic (exact) mass is 259 g/mol. The third-order valence-electron chi connectivity index (χ3n) is 2.76. The number of nitrogens with one attached hydrogen (secondary N) is 1. The van der Waals surface area contributed by atoms with Gasteiger partial charge in [0.2, 0.25) is 6.33 Å². The summed E-state index contributed by atoms with van der Waals surface area (Å²) in [6.45, 7) is 1.65. The van der Waals surface area contributed by atoms with Crippen molar-refractivity contribution in [2.75, 3.05) is 31.7 Å². The van der Waals surface area contributed by atoms with E-state index >= 15 is 0 Å². The van der Waals surface area contributed by atoms with Crippen LogP contribution in [-0.4, -0.2) is 46.9 Å². The Balaban J connectivity index is 2.17. The first-order chi connectivity index (χ1) is 8.36. The van der Waals surface area contributed by atoms with Crippen molar-refractivity contribution < 1.29 is 14.8 Å². The van der Waals surface area contributed by atoms with Crippen molar-refractivity contribution in [3.8, 4) is 0 Å². The molecule has 1 aromatic heterocycles. The second kappa shape index (κ2) is 9.58. The predicted octanol–water partition coefficient (Wildman–Crippen LogP) is 0.939. The van der Waals surface area contributed by atoms with Crippen LogP contribution in [0.2, 0.25) is 0 Å². The van der Waals surface area contributed by atoms with E-state index < -0.39 is 0 Å². The Morgan fingerprint density at radius 2 is 1.65 bits per heavy atom. The van der Waals surface area contributed by atoms with Crippen LogP contribution >= 0.6 is 7.92 Å². The van der Waals surface area contributed by atoms with Gasteiger partial charge in [0, 0.05) is 13.2 Å². The lowest BCUT2D eigenvalue weighted by molar-refractivity contribution is -0.695. The third-order valence-corrected chi connectivity index (χ3v) is 5.60. The molecule has 98 valence electrons. The van der Waals surface area contributed by atoms with E-state index in [0.717, 1.165) is 31.7 Å². The molecule has 5 heteroatoms. The van der Waals surface area contributed by atoms with Crippen LogP contribution in [0.1, 0.15) is 19.3 Å². The largest absolute Gasteiger partial charge is 0.396 e. The number of imidazole rings is 1. The van der Waals surface area contributed by atoms with Crippen molar-refractivity contribution in [2.24, 2.45) is 0 Å². The lowest BCUT2D eigenvalue weighted by Gasteiger charge is -2.16. The average molecular weight is 259 g/mol. The molecule has 1 aromatic rings. The lowest BCUT2D eigenvalue weighted by Crippen LogP contribution is -2.30. The fourth-order valence-corrected chi connectivity index (χ4v) is 4.30. The quantitative estimate of drug-likeness (QED) is 0.432. The maximum Gasteiger partial charge on any atom is 0.241 e. The summed E-state index contributed by atoms with van der Waals surface area (Å²) < 4.78 is 2.16. The van der Waals surface area contributed by atoms with Crippen LogP contribution < -0.4 is 4.57 Å². The van der Waals surface area contributed by atoms with Gasteiger partial charge in [-0.25, -0.2) is 4.57 Å². The summed E-state index contributed by atoms with van der Waals surface area (Å²) in [6, 6.07) is 0. The van der Waals surface area contributed by atoms with Gasteiger partial charge in [-0.05, 0) is 37.7 Å². The molecule has 0 fully saturated rings. The minimum atomic E-state index is 0.00224. The molecule has 0 bridgehead atoms. The molecule has 0 saturated heterocycles. The number of nitrogens with zero attached hydrogens (tertiary/aromatic N) is 1. The molecule has 0 amide bonds. The first-order valence-corrected chi connectivity index (χ1v) is 8.22. The summed E-state index contributed by atoms with van der Waals surface area (Å²) in [7, 11) is 0.00224. The molecule has 0 aliphatic carbocycles. The number of aliphatic hydroxyl groups is 2. The zero-order valence-corrected chi connectivity index (χ0v) is 11.3. The van der Waals surface area contributed by atoms with E-state index in [1.165, 1.54) is 12.6 Å². The third kappa shape index (κ3) is 6.77. The summed E-state index contributed by atoms with van der Waals surface area (Å²) in [5.74, 6) is 0. The average Bonchev–Trinajstić information content (AvgIpc) is 2.85. The lowest BCUT2D eigenvalue weighted by atomic mass is 10.5. The number of hydrogen-bond acceptors (Lipinski definition) is 2. The van der Waals surface area contributed by atoms with E-state index in [2.05, 4.69) is 9.55 Å². The molecule has 0 atom stereocenters. The smallest absolute Gasteiger partial charge is 0.241 e. The fourth-order valence-electron chi connectivity index (χ4n) is 1.86. The molecule has 0 aromatic carbocycles. The van der Waals surface area contributed by atoms with Gasteiger partial charge in [0.1, 0.15) is 12.4 Å². The topological polar surface area (TPSA) is 60.1 Å². The summed E-state index contributed by atoms with van der Waals surface area (Å²) >= 11 is 0. The van der Waals surface area contributed by atoms with Crippen molar-refractivity contribution in [3.05, 3.63) is 18.7 Å². The zero-order chi connectivity index (χ0) is 12.3. The van der Waals surface area contributed by atoms with E-state index in [9.17, 15) is 0 Å². The van der Waals surface area contributed by atoms with Crippen LogP contribution in [0.4, 0.5) is 0 Å². The molecule has 0 saturated carbocycles. The van der Waals surface area contributed by atoms with Crippen LogP contribution in [0.5, 0.6) is 0 Å². The van der Waals surface area contributed by atoms with Gasteiger partial charge in [0.15, 0.2) is 0 Å². The van der Waals surface area contributed by atoms with Crippen molar-refractivity contribution in [3.63, 3.8) is 0 Å². The standard InChI is InChI=1S/C12H23N2O2P/c15-7-2-10-17(11-3-8-16)9-1-5-14-6-4-13-12-14/h4,6,12,15-16H,1-3,5,7-11H2/p+1. The van der Waals surface area contributed by atoms with E-state index in [0.29, 0.717) is 13.2 Å². The van der Waals surface area contributed by atoms with Gasteiger partial charge in [-0.15, -0.1) is 7.92 Å². The first-order valence-electron chi connectivity index (χ1n) is 6.32. The minimum absolute atomic E-state index is 0.00224. The molecule has 0 spiro atoms. The predicted molar refractivity (Wildman–Crippen MR) is 70.5 cm³/mol. The number of aliphatic hydroxyl groups excluding tert-OH is 2. The number of aryl methyl sites for hydroxylation is 1. The molecule has 4 nitrogen and oxygen atoms in total. The van der Waals surface area contributed by atoms with Crippen LogP contribution in [0, 0.1) is 0 Å². The summed E-state index contributed by atoms with van der Waals surface area (Å²) in [4.78, 5) is 3.04. The second-order valence-electron chi connectivity index (χ2n) is 4.20. The fraction of sp³-hybridized carbons (Fsp3) is 0.750. The highest BCUT2D eigenvalue weighted by atomic mass is 31.1. The highest BCUT2D eigenvalue weighted by molar-refractivity contribution is 7.57. The van der Waals surface area contributed by atoms with Crippen molar-refractivity contribution in [2.45, 2.75) is 25.8 Å². The molecular weight excluding hydrogens is 235 g/mol. The summed E-state index contributed by atoms with van der Waals surface area (Å²) in [6.07, 6.45) is 12.5. The maximum atomic E-state index is 8.87. The highest BCUT2D eigenvalue weighted by Crippen LogP contribution is 2.37. The van der Waals surface area contributed by atoms with Gasteiger partial charge in [-0.2, -0.15) is 0 Å². The molecule has 0 radical (unpaired) electrons. The van der Waals surface area contributed by atoms with Crippen molar-refractivity contribution >= 4 is 7.92 Å².